The van der Waals surface area contributed by atoms with Crippen molar-refractivity contribution in [1.82, 2.24) is 0 Å². The number of thiophene rings is 1. The third kappa shape index (κ3) is 2.42. The molecule has 0 spiro atoms. The molecule has 0 nitrogen and oxygen atoms in total. The second-order valence-electron chi connectivity index (χ2n) is 2.17. The smallest absolute Gasteiger partial charge is 0.0735 e. The molecule has 0 radical (unpaired) electrons. The van der Waals surface area contributed by atoms with Crippen LogP contribution in [-0.2, 0) is 6.42 Å². The zero-order valence-electron chi connectivity index (χ0n) is 6.76. The molecule has 1 aromatic heterocycles. The van der Waals surface area contributed by atoms with Gasteiger partial charge in [0.15, 0.2) is 0 Å². The van der Waals surface area contributed by atoms with Crippen LogP contribution >= 0.6 is 35.7 Å². The molecule has 0 N–H and O–H groups in total. The van der Waals surface area contributed by atoms with Gasteiger partial charge < -0.3 is 0 Å². The summed E-state index contributed by atoms with van der Waals surface area (Å²) < 4.78 is 1.37. The second kappa shape index (κ2) is 4.43. The normalized spacial score (nSPS) is 10.5. The van der Waals surface area contributed by atoms with Gasteiger partial charge in [-0.3, -0.25) is 0 Å². The predicted molar refractivity (Wildman–Crippen MR) is 57.3 cm³/mol. The quantitative estimate of drug-likeness (QED) is 0.578. The van der Waals surface area contributed by atoms with E-state index in [2.05, 4.69) is 32.5 Å². The number of aryl methyl sites for hydroxylation is 1. The van der Waals surface area contributed by atoms with E-state index in [1.165, 1.54) is 9.09 Å². The number of thiol groups is 1. The molecule has 0 atom stereocenters. The Morgan fingerprint density at radius 3 is 2.73 bits per heavy atom. The van der Waals surface area contributed by atoms with Gasteiger partial charge in [0.1, 0.15) is 0 Å². The van der Waals surface area contributed by atoms with Gasteiger partial charge >= 0.3 is 0 Å². The first-order chi connectivity index (χ1) is 5.27. The molecule has 0 saturated heterocycles. The molecule has 1 heterocycles. The van der Waals surface area contributed by atoms with Crippen molar-refractivity contribution < 1.29 is 0 Å². The summed E-state index contributed by atoms with van der Waals surface area (Å²) in [6, 6.07) is 2.17. The number of thioether (sulfide) groups is 1. The van der Waals surface area contributed by atoms with Crippen molar-refractivity contribution in [2.24, 2.45) is 0 Å². The first-order valence-electron chi connectivity index (χ1n) is 3.72. The first kappa shape index (κ1) is 9.49. The van der Waals surface area contributed by atoms with Crippen LogP contribution in [0.3, 0.4) is 0 Å². The Bertz CT molecular complexity index is 227. The maximum absolute atomic E-state index is 4.40. The van der Waals surface area contributed by atoms with Crippen LogP contribution in [0.15, 0.2) is 15.2 Å². The van der Waals surface area contributed by atoms with Crippen molar-refractivity contribution in [1.29, 1.82) is 0 Å². The first-order valence-corrected chi connectivity index (χ1v) is 5.97. The molecule has 0 fully saturated rings. The fourth-order valence-corrected chi connectivity index (χ4v) is 3.50. The van der Waals surface area contributed by atoms with Gasteiger partial charge in [-0.25, -0.2) is 0 Å². The largest absolute Gasteiger partial charge is 0.141 e. The van der Waals surface area contributed by atoms with E-state index in [-0.39, 0.29) is 0 Å². The van der Waals surface area contributed by atoms with Gasteiger partial charge in [0.2, 0.25) is 0 Å². The molecule has 0 amide bonds. The van der Waals surface area contributed by atoms with Crippen LogP contribution in [0.5, 0.6) is 0 Å². The van der Waals surface area contributed by atoms with E-state index < -0.39 is 0 Å². The average molecular weight is 204 g/mol. The van der Waals surface area contributed by atoms with Crippen molar-refractivity contribution in [3.8, 4) is 0 Å². The molecule has 11 heavy (non-hydrogen) atoms. The lowest BCUT2D eigenvalue weighted by Gasteiger charge is -1.91. The van der Waals surface area contributed by atoms with Crippen molar-refractivity contribution in [3.05, 3.63) is 10.9 Å². The fourth-order valence-electron chi connectivity index (χ4n) is 0.821. The highest BCUT2D eigenvalue weighted by Crippen LogP contribution is 2.34. The van der Waals surface area contributed by atoms with E-state index >= 15 is 0 Å². The standard InChI is InChI=1S/C8H12S3/c1-3-6-5-7(9)8(11-6)10-4-2/h5,9H,3-4H2,1-2H3. The van der Waals surface area contributed by atoms with Gasteiger partial charge in [-0.05, 0) is 18.2 Å². The Labute approximate surface area is 81.8 Å². The highest BCUT2D eigenvalue weighted by atomic mass is 32.2. The van der Waals surface area contributed by atoms with E-state index in [4.69, 9.17) is 0 Å². The van der Waals surface area contributed by atoms with Gasteiger partial charge in [-0.15, -0.1) is 35.7 Å². The Morgan fingerprint density at radius 2 is 2.27 bits per heavy atom. The molecule has 62 valence electrons. The van der Waals surface area contributed by atoms with E-state index in [0.29, 0.717) is 0 Å². The molecule has 0 unspecified atom stereocenters. The molecule has 1 aromatic rings. The molecule has 1 rings (SSSR count). The molecule has 3 heteroatoms. The third-order valence-electron chi connectivity index (χ3n) is 1.35. The monoisotopic (exact) mass is 204 g/mol. The second-order valence-corrected chi connectivity index (χ2v) is 5.32. The van der Waals surface area contributed by atoms with Crippen LogP contribution in [-0.4, -0.2) is 5.75 Å². The summed E-state index contributed by atoms with van der Waals surface area (Å²) in [4.78, 5) is 2.59. The Balaban J connectivity index is 2.79. The van der Waals surface area contributed by atoms with E-state index in [1.54, 1.807) is 0 Å². The SMILES string of the molecule is CCSc1sc(CC)cc1S. The summed E-state index contributed by atoms with van der Waals surface area (Å²) in [7, 11) is 0. The lowest BCUT2D eigenvalue weighted by Crippen LogP contribution is -1.64. The summed E-state index contributed by atoms with van der Waals surface area (Å²) >= 11 is 8.15. The molecule has 0 aliphatic carbocycles. The third-order valence-corrected chi connectivity index (χ3v) is 4.46. The minimum Gasteiger partial charge on any atom is -0.141 e. The lowest BCUT2D eigenvalue weighted by molar-refractivity contribution is 1.18. The molecule has 0 bridgehead atoms. The molecule has 0 aliphatic heterocycles. The van der Waals surface area contributed by atoms with Crippen LogP contribution < -0.4 is 0 Å². The Hall–Kier alpha value is 0.400. The van der Waals surface area contributed by atoms with E-state index in [9.17, 15) is 0 Å². The zero-order valence-corrected chi connectivity index (χ0v) is 9.28. The Morgan fingerprint density at radius 1 is 1.55 bits per heavy atom. The van der Waals surface area contributed by atoms with Crippen LogP contribution in [0, 0.1) is 0 Å². The molecule has 0 aliphatic rings. The maximum atomic E-state index is 4.40. The van der Waals surface area contributed by atoms with Gasteiger partial charge in [0.05, 0.1) is 4.21 Å². The topological polar surface area (TPSA) is 0 Å². The van der Waals surface area contributed by atoms with Crippen LogP contribution in [0.1, 0.15) is 18.7 Å². The minimum atomic E-state index is 1.13. The van der Waals surface area contributed by atoms with Gasteiger partial charge in [0.25, 0.3) is 0 Å². The fraction of sp³-hybridized carbons (Fsp3) is 0.500. The van der Waals surface area contributed by atoms with Gasteiger partial charge in [-0.2, -0.15) is 0 Å². The van der Waals surface area contributed by atoms with Crippen molar-refractivity contribution in [2.75, 3.05) is 5.75 Å². The van der Waals surface area contributed by atoms with Crippen molar-refractivity contribution >= 4 is 35.7 Å². The number of hydrogen-bond acceptors (Lipinski definition) is 3. The van der Waals surface area contributed by atoms with Crippen LogP contribution in [0.25, 0.3) is 0 Å². The molecular formula is C8H12S3. The summed E-state index contributed by atoms with van der Waals surface area (Å²) in [5, 5.41) is 0. The zero-order chi connectivity index (χ0) is 8.27. The summed E-state index contributed by atoms with van der Waals surface area (Å²) in [6.45, 7) is 4.35. The summed E-state index contributed by atoms with van der Waals surface area (Å²) in [6.07, 6.45) is 1.13. The van der Waals surface area contributed by atoms with E-state index in [1.807, 2.05) is 23.1 Å². The minimum absolute atomic E-state index is 1.13. The van der Waals surface area contributed by atoms with Crippen LogP contribution in [0.2, 0.25) is 0 Å². The highest BCUT2D eigenvalue weighted by molar-refractivity contribution is 8.01. The van der Waals surface area contributed by atoms with Gasteiger partial charge in [-0.1, -0.05) is 13.8 Å². The highest BCUT2D eigenvalue weighted by Gasteiger charge is 2.03. The average Bonchev–Trinajstić information content (AvgIpc) is 2.33. The number of hydrogen-bond donors (Lipinski definition) is 1. The van der Waals surface area contributed by atoms with E-state index in [0.717, 1.165) is 17.1 Å². The molecule has 0 aromatic carbocycles. The number of rotatable bonds is 3. The van der Waals surface area contributed by atoms with Gasteiger partial charge in [0, 0.05) is 9.77 Å². The van der Waals surface area contributed by atoms with Crippen molar-refractivity contribution in [2.45, 2.75) is 29.4 Å². The Kier molecular flexibility index (Phi) is 3.82. The maximum Gasteiger partial charge on any atom is 0.0735 e. The molecular weight excluding hydrogens is 192 g/mol. The predicted octanol–water partition coefficient (Wildman–Crippen LogP) is 3.71. The molecule has 0 saturated carbocycles. The van der Waals surface area contributed by atoms with Crippen molar-refractivity contribution in [3.63, 3.8) is 0 Å². The summed E-state index contributed by atoms with van der Waals surface area (Å²) in [5.74, 6) is 1.14. The lowest BCUT2D eigenvalue weighted by atomic mass is 10.4. The summed E-state index contributed by atoms with van der Waals surface area (Å²) in [5.41, 5.74) is 0. The van der Waals surface area contributed by atoms with Crippen LogP contribution in [0.4, 0.5) is 0 Å².